The second kappa shape index (κ2) is 10.1. The summed E-state index contributed by atoms with van der Waals surface area (Å²) in [5.41, 5.74) is 1.35. The SMILES string of the molecule is COc1cc2ncnc(Nc3ccc(F)c([ClH+])c3)c2cc1OCCCN1CCOCC1. The maximum Gasteiger partial charge on any atom is 0.263 e. The van der Waals surface area contributed by atoms with Gasteiger partial charge in [0, 0.05) is 42.8 Å². The topological polar surface area (TPSA) is 68.7 Å². The Morgan fingerprint density at radius 1 is 1.16 bits per heavy atom. The summed E-state index contributed by atoms with van der Waals surface area (Å²) in [4.78, 5) is 11.1. The third kappa shape index (κ3) is 5.33. The fourth-order valence-corrected chi connectivity index (χ4v) is 3.64. The molecule has 1 aliphatic heterocycles. The number of rotatable bonds is 8. The van der Waals surface area contributed by atoms with Crippen LogP contribution in [0.2, 0.25) is 5.02 Å². The van der Waals surface area contributed by atoms with E-state index in [4.69, 9.17) is 25.8 Å². The van der Waals surface area contributed by atoms with E-state index in [1.165, 1.54) is 12.4 Å². The fraction of sp³-hybridized carbons (Fsp3) is 0.364. The maximum absolute atomic E-state index is 13.5. The van der Waals surface area contributed by atoms with Crippen molar-refractivity contribution in [1.29, 1.82) is 0 Å². The van der Waals surface area contributed by atoms with Gasteiger partial charge in [-0.2, -0.15) is 0 Å². The summed E-state index contributed by atoms with van der Waals surface area (Å²) in [6.45, 7) is 5.02. The van der Waals surface area contributed by atoms with Crippen LogP contribution >= 0.6 is 0 Å². The molecule has 0 spiro atoms. The summed E-state index contributed by atoms with van der Waals surface area (Å²) >= 11 is 5.02. The highest BCUT2D eigenvalue weighted by Gasteiger charge is 2.14. The number of ether oxygens (including phenoxy) is 3. The largest absolute Gasteiger partial charge is 0.493 e. The quantitative estimate of drug-likeness (QED) is 0.531. The first kappa shape index (κ1) is 21.5. The third-order valence-corrected chi connectivity index (χ3v) is 5.41. The van der Waals surface area contributed by atoms with E-state index in [1.54, 1.807) is 19.2 Å². The molecule has 2 aromatic carbocycles. The average Bonchev–Trinajstić information content (AvgIpc) is 2.79. The van der Waals surface area contributed by atoms with Crippen LogP contribution in [-0.2, 0) is 4.74 Å². The highest BCUT2D eigenvalue weighted by molar-refractivity contribution is 5.93. The van der Waals surface area contributed by atoms with E-state index in [-0.39, 0.29) is 5.02 Å². The molecule has 9 heteroatoms. The summed E-state index contributed by atoms with van der Waals surface area (Å²) in [7, 11) is 1.60. The van der Waals surface area contributed by atoms with Gasteiger partial charge in [-0.15, -0.1) is 0 Å². The Bertz CT molecular complexity index is 1050. The van der Waals surface area contributed by atoms with Crippen molar-refractivity contribution in [3.63, 3.8) is 0 Å². The lowest BCUT2D eigenvalue weighted by atomic mass is 10.2. The molecule has 0 amide bonds. The molecule has 0 radical (unpaired) electrons. The van der Waals surface area contributed by atoms with Crippen LogP contribution in [-0.4, -0.2) is 61.4 Å². The van der Waals surface area contributed by atoms with Gasteiger partial charge in [0.25, 0.3) is 5.02 Å². The van der Waals surface area contributed by atoms with Crippen LogP contribution in [0, 0.1) is 17.4 Å². The molecule has 0 bridgehead atoms. The summed E-state index contributed by atoms with van der Waals surface area (Å²) < 4.78 is 30.4. The van der Waals surface area contributed by atoms with Crippen LogP contribution in [0.3, 0.4) is 0 Å². The second-order valence-corrected chi connectivity index (χ2v) is 7.61. The van der Waals surface area contributed by atoms with Crippen molar-refractivity contribution in [2.24, 2.45) is 0 Å². The number of aromatic nitrogens is 2. The van der Waals surface area contributed by atoms with Crippen molar-refractivity contribution in [3.8, 4) is 11.5 Å². The number of anilines is 2. The van der Waals surface area contributed by atoms with Crippen LogP contribution in [0.25, 0.3) is 10.9 Å². The molecule has 0 unspecified atom stereocenters. The van der Waals surface area contributed by atoms with E-state index in [9.17, 15) is 4.39 Å². The van der Waals surface area contributed by atoms with E-state index < -0.39 is 5.82 Å². The van der Waals surface area contributed by atoms with Crippen molar-refractivity contribution in [2.75, 3.05) is 51.9 Å². The van der Waals surface area contributed by atoms with Crippen LogP contribution in [0.5, 0.6) is 11.5 Å². The lowest BCUT2D eigenvalue weighted by Gasteiger charge is -2.26. The molecule has 4 rings (SSSR count). The van der Waals surface area contributed by atoms with Crippen molar-refractivity contribution in [2.45, 2.75) is 6.42 Å². The summed E-state index contributed by atoms with van der Waals surface area (Å²) in [5.74, 6) is 1.38. The standard InChI is InChI=1S/C22H25ClFN4O3/c1-29-20-13-19-16(12-21(20)31-8-2-5-28-6-9-30-10-7-28)22(26-14-25-19)27-15-3-4-18(24)17(23)11-15/h3-4,11-14,23H,2,5-10H2,1H3,(H,25,26,27)/q+1. The van der Waals surface area contributed by atoms with E-state index in [1.807, 2.05) is 12.1 Å². The Kier molecular flexibility index (Phi) is 7.01. The molecule has 0 atom stereocenters. The highest BCUT2D eigenvalue weighted by Crippen LogP contribution is 2.35. The molecular formula is C22H25ClFN4O3+. The van der Waals surface area contributed by atoms with Crippen LogP contribution in [0.15, 0.2) is 36.7 Å². The first-order chi connectivity index (χ1) is 15.1. The van der Waals surface area contributed by atoms with Gasteiger partial charge >= 0.3 is 0 Å². The van der Waals surface area contributed by atoms with Gasteiger partial charge in [-0.25, -0.2) is 14.4 Å². The van der Waals surface area contributed by atoms with Crippen LogP contribution < -0.4 is 14.8 Å². The predicted octanol–water partition coefficient (Wildman–Crippen LogP) is 3.32. The second-order valence-electron chi connectivity index (χ2n) is 7.17. The zero-order chi connectivity index (χ0) is 21.6. The van der Waals surface area contributed by atoms with Gasteiger partial charge in [-0.1, -0.05) is 0 Å². The summed E-state index contributed by atoms with van der Waals surface area (Å²) in [5, 5.41) is 4.10. The van der Waals surface area contributed by atoms with Crippen LogP contribution in [0.1, 0.15) is 6.42 Å². The Balaban J connectivity index is 1.51. The number of morpholine rings is 1. The smallest absolute Gasteiger partial charge is 0.263 e. The molecule has 2 heterocycles. The monoisotopic (exact) mass is 447 g/mol. The number of hydrogen-bond donors (Lipinski definition) is 1. The third-order valence-electron chi connectivity index (χ3n) is 5.09. The van der Waals surface area contributed by atoms with Gasteiger partial charge in [0.05, 0.1) is 32.4 Å². The number of nitrogens with one attached hydrogen (secondary N) is 1. The molecule has 31 heavy (non-hydrogen) atoms. The lowest BCUT2D eigenvalue weighted by molar-refractivity contribution is -0.293. The zero-order valence-corrected chi connectivity index (χ0v) is 18.1. The van der Waals surface area contributed by atoms with Gasteiger partial charge in [-0.05, 0) is 24.6 Å². The maximum atomic E-state index is 13.5. The Morgan fingerprint density at radius 2 is 2.00 bits per heavy atom. The molecule has 164 valence electrons. The van der Waals surface area contributed by atoms with Crippen molar-refractivity contribution in [1.82, 2.24) is 14.9 Å². The molecule has 1 aromatic heterocycles. The lowest BCUT2D eigenvalue weighted by Crippen LogP contribution is -2.37. The molecule has 0 saturated carbocycles. The summed E-state index contributed by atoms with van der Waals surface area (Å²) in [6, 6.07) is 8.20. The van der Waals surface area contributed by atoms with Gasteiger partial charge in [0.1, 0.15) is 12.1 Å². The normalized spacial score (nSPS) is 14.5. The van der Waals surface area contributed by atoms with E-state index in [0.717, 1.165) is 44.7 Å². The molecule has 1 N–H and O–H groups in total. The number of fused-ring (bicyclic) bond motifs is 1. The average molecular weight is 448 g/mol. The molecule has 0 aliphatic carbocycles. The minimum atomic E-state index is -0.425. The first-order valence-electron chi connectivity index (χ1n) is 10.1. The number of methoxy groups -OCH3 is 1. The Hall–Kier alpha value is -2.68. The van der Waals surface area contributed by atoms with E-state index in [2.05, 4.69) is 20.2 Å². The highest BCUT2D eigenvalue weighted by atomic mass is 35.5. The Labute approximate surface area is 185 Å². The predicted molar refractivity (Wildman–Crippen MR) is 114 cm³/mol. The first-order valence-corrected chi connectivity index (χ1v) is 10.5. The van der Waals surface area contributed by atoms with E-state index >= 15 is 0 Å². The van der Waals surface area contributed by atoms with Gasteiger partial charge in [0.15, 0.2) is 28.9 Å². The number of benzene rings is 2. The molecule has 3 aromatic rings. The minimum absolute atomic E-state index is 0.148. The van der Waals surface area contributed by atoms with Crippen molar-refractivity contribution >= 4 is 22.4 Å². The van der Waals surface area contributed by atoms with Gasteiger partial charge in [-0.3, -0.25) is 4.90 Å². The summed E-state index contributed by atoms with van der Waals surface area (Å²) in [6.07, 6.45) is 2.36. The molecule has 1 aliphatic rings. The molecule has 1 fully saturated rings. The van der Waals surface area contributed by atoms with Crippen molar-refractivity contribution < 1.29 is 30.2 Å². The molecule has 7 nitrogen and oxygen atoms in total. The van der Waals surface area contributed by atoms with Crippen LogP contribution in [0.4, 0.5) is 15.9 Å². The number of nitrogens with zero attached hydrogens (tertiary/aromatic N) is 3. The number of halogens is 2. The number of hydrogen-bond acceptors (Lipinski definition) is 7. The van der Waals surface area contributed by atoms with Crippen molar-refractivity contribution in [3.05, 3.63) is 47.5 Å². The Morgan fingerprint density at radius 3 is 2.77 bits per heavy atom. The molecule has 1 saturated heterocycles. The van der Waals surface area contributed by atoms with Gasteiger partial charge < -0.3 is 19.5 Å². The molecular weight excluding hydrogens is 423 g/mol. The fourth-order valence-electron chi connectivity index (χ4n) is 3.45. The zero-order valence-electron chi connectivity index (χ0n) is 17.3. The minimum Gasteiger partial charge on any atom is -0.493 e. The van der Waals surface area contributed by atoms with Gasteiger partial charge in [0.2, 0.25) is 0 Å². The van der Waals surface area contributed by atoms with E-state index in [0.29, 0.717) is 35.1 Å².